The second-order valence-electron chi connectivity index (χ2n) is 6.48. The SMILES string of the molecule is CCN1C(=O)C(CC(=O)Nc2ccccc2Br)SC1=Nc1ccc(Cl)c(C(F)(F)F)c1. The van der Waals surface area contributed by atoms with Crippen molar-refractivity contribution in [2.24, 2.45) is 4.99 Å². The molecule has 11 heteroatoms. The van der Waals surface area contributed by atoms with E-state index in [0.29, 0.717) is 10.2 Å². The third kappa shape index (κ3) is 5.61. The molecule has 1 atom stereocenters. The first-order chi connectivity index (χ1) is 14.6. The fourth-order valence-electron chi connectivity index (χ4n) is 2.86. The van der Waals surface area contributed by atoms with Crippen LogP contribution in [0.2, 0.25) is 5.02 Å². The number of para-hydroxylation sites is 1. The number of thioether (sulfide) groups is 1. The monoisotopic (exact) mass is 533 g/mol. The van der Waals surface area contributed by atoms with Gasteiger partial charge in [-0.05, 0) is 53.2 Å². The maximum absolute atomic E-state index is 13.1. The quantitative estimate of drug-likeness (QED) is 0.504. The molecule has 3 rings (SSSR count). The molecule has 0 spiro atoms. The van der Waals surface area contributed by atoms with Crippen molar-refractivity contribution in [3.63, 3.8) is 0 Å². The molecule has 1 fully saturated rings. The minimum atomic E-state index is -4.62. The topological polar surface area (TPSA) is 61.8 Å². The van der Waals surface area contributed by atoms with Crippen molar-refractivity contribution in [2.45, 2.75) is 24.8 Å². The highest BCUT2D eigenvalue weighted by Crippen LogP contribution is 2.38. The lowest BCUT2D eigenvalue weighted by Gasteiger charge is -2.14. The first kappa shape index (κ1) is 23.6. The molecule has 0 saturated carbocycles. The van der Waals surface area contributed by atoms with Crippen molar-refractivity contribution in [3.05, 3.63) is 57.5 Å². The highest BCUT2D eigenvalue weighted by molar-refractivity contribution is 9.10. The number of halogens is 5. The number of carbonyl (C=O) groups is 2. The summed E-state index contributed by atoms with van der Waals surface area (Å²) < 4.78 is 40.0. The Bertz CT molecular complexity index is 1050. The van der Waals surface area contributed by atoms with Crippen molar-refractivity contribution < 1.29 is 22.8 Å². The number of nitrogens with zero attached hydrogens (tertiary/aromatic N) is 2. The van der Waals surface area contributed by atoms with E-state index in [-0.39, 0.29) is 35.6 Å². The number of benzene rings is 2. The average molecular weight is 535 g/mol. The van der Waals surface area contributed by atoms with Crippen LogP contribution < -0.4 is 5.32 Å². The molecular formula is C20H16BrClF3N3O2S. The van der Waals surface area contributed by atoms with E-state index in [0.717, 1.165) is 23.9 Å². The Morgan fingerprint density at radius 2 is 2.00 bits per heavy atom. The molecule has 1 saturated heterocycles. The smallest absolute Gasteiger partial charge is 0.325 e. The van der Waals surface area contributed by atoms with E-state index in [1.165, 1.54) is 11.0 Å². The molecule has 164 valence electrons. The van der Waals surface area contributed by atoms with E-state index in [4.69, 9.17) is 11.6 Å². The Morgan fingerprint density at radius 1 is 1.29 bits per heavy atom. The number of alkyl halides is 3. The number of nitrogens with one attached hydrogen (secondary N) is 1. The van der Waals surface area contributed by atoms with E-state index in [9.17, 15) is 22.8 Å². The van der Waals surface area contributed by atoms with Crippen LogP contribution in [0.5, 0.6) is 0 Å². The van der Waals surface area contributed by atoms with E-state index in [1.54, 1.807) is 31.2 Å². The first-order valence-corrected chi connectivity index (χ1v) is 11.1. The highest BCUT2D eigenvalue weighted by atomic mass is 79.9. The van der Waals surface area contributed by atoms with Gasteiger partial charge in [0.05, 0.1) is 22.0 Å². The Balaban J connectivity index is 1.78. The standard InChI is InChI=1S/C20H16BrClF3N3O2S/c1-2-28-18(30)16(10-17(29)27-15-6-4-3-5-13(15)21)31-19(28)26-11-7-8-14(22)12(9-11)20(23,24)25/h3-9,16H,2,10H2,1H3,(H,27,29). The van der Waals surface area contributed by atoms with Gasteiger partial charge in [0.15, 0.2) is 5.17 Å². The molecule has 1 aliphatic heterocycles. The molecule has 2 aromatic carbocycles. The fourth-order valence-corrected chi connectivity index (χ4v) is 4.69. The molecule has 2 aromatic rings. The van der Waals surface area contributed by atoms with Crippen LogP contribution in [0.4, 0.5) is 24.5 Å². The van der Waals surface area contributed by atoms with Crippen molar-refractivity contribution in [1.82, 2.24) is 4.90 Å². The summed E-state index contributed by atoms with van der Waals surface area (Å²) in [4.78, 5) is 30.7. The van der Waals surface area contributed by atoms with E-state index >= 15 is 0 Å². The van der Waals surface area contributed by atoms with Gasteiger partial charge in [-0.25, -0.2) is 4.99 Å². The largest absolute Gasteiger partial charge is 0.417 e. The number of rotatable bonds is 5. The Kier molecular flexibility index (Phi) is 7.33. The van der Waals surface area contributed by atoms with Crippen LogP contribution in [0, 0.1) is 0 Å². The van der Waals surface area contributed by atoms with Crippen LogP contribution in [-0.4, -0.2) is 33.7 Å². The highest BCUT2D eigenvalue weighted by Gasteiger charge is 2.39. The van der Waals surface area contributed by atoms with Gasteiger partial charge in [0.25, 0.3) is 0 Å². The van der Waals surface area contributed by atoms with Crippen LogP contribution in [-0.2, 0) is 15.8 Å². The lowest BCUT2D eigenvalue weighted by molar-refractivity contribution is -0.137. The number of amidine groups is 1. The Morgan fingerprint density at radius 3 is 2.65 bits per heavy atom. The number of hydrogen-bond donors (Lipinski definition) is 1. The van der Waals surface area contributed by atoms with E-state index < -0.39 is 22.0 Å². The lowest BCUT2D eigenvalue weighted by Crippen LogP contribution is -2.33. The molecule has 0 aliphatic carbocycles. The normalized spacial score (nSPS) is 18.0. The molecule has 0 radical (unpaired) electrons. The summed E-state index contributed by atoms with van der Waals surface area (Å²) in [5.74, 6) is -0.681. The van der Waals surface area contributed by atoms with Crippen LogP contribution in [0.3, 0.4) is 0 Å². The molecule has 1 heterocycles. The van der Waals surface area contributed by atoms with E-state index in [2.05, 4.69) is 26.2 Å². The van der Waals surface area contributed by atoms with Gasteiger partial charge in [-0.3, -0.25) is 14.5 Å². The molecule has 0 aromatic heterocycles. The third-order valence-electron chi connectivity index (χ3n) is 4.34. The average Bonchev–Trinajstić information content (AvgIpc) is 2.98. The fraction of sp³-hybridized carbons (Fsp3) is 0.250. The molecule has 1 N–H and O–H groups in total. The van der Waals surface area contributed by atoms with Crippen LogP contribution >= 0.6 is 39.3 Å². The van der Waals surface area contributed by atoms with Gasteiger partial charge < -0.3 is 5.32 Å². The van der Waals surface area contributed by atoms with Gasteiger partial charge >= 0.3 is 6.18 Å². The first-order valence-electron chi connectivity index (χ1n) is 9.08. The number of amides is 2. The van der Waals surface area contributed by atoms with Gasteiger partial charge in [0.1, 0.15) is 5.25 Å². The van der Waals surface area contributed by atoms with Crippen molar-refractivity contribution >= 4 is 67.6 Å². The maximum Gasteiger partial charge on any atom is 0.417 e. The summed E-state index contributed by atoms with van der Waals surface area (Å²) in [6.07, 6.45) is -4.72. The molecule has 2 amide bonds. The molecular weight excluding hydrogens is 519 g/mol. The number of hydrogen-bond acceptors (Lipinski definition) is 4. The van der Waals surface area contributed by atoms with Crippen LogP contribution in [0.25, 0.3) is 0 Å². The van der Waals surface area contributed by atoms with Gasteiger partial charge in [-0.2, -0.15) is 13.2 Å². The van der Waals surface area contributed by atoms with Crippen molar-refractivity contribution in [3.8, 4) is 0 Å². The summed E-state index contributed by atoms with van der Waals surface area (Å²) in [6, 6.07) is 10.4. The van der Waals surface area contributed by atoms with Gasteiger partial charge in [-0.1, -0.05) is 35.5 Å². The Hall–Kier alpha value is -2.04. The minimum Gasteiger partial charge on any atom is -0.325 e. The maximum atomic E-state index is 13.1. The third-order valence-corrected chi connectivity index (χ3v) is 6.53. The van der Waals surface area contributed by atoms with Crippen LogP contribution in [0.1, 0.15) is 18.9 Å². The van der Waals surface area contributed by atoms with Crippen molar-refractivity contribution in [2.75, 3.05) is 11.9 Å². The van der Waals surface area contributed by atoms with Gasteiger partial charge in [-0.15, -0.1) is 0 Å². The zero-order chi connectivity index (χ0) is 22.8. The summed E-state index contributed by atoms with van der Waals surface area (Å²) in [5.41, 5.74) is -0.411. The lowest BCUT2D eigenvalue weighted by atomic mass is 10.2. The van der Waals surface area contributed by atoms with E-state index in [1.807, 2.05) is 0 Å². The molecule has 1 unspecified atom stereocenters. The minimum absolute atomic E-state index is 0.0174. The zero-order valence-corrected chi connectivity index (χ0v) is 19.2. The summed E-state index contributed by atoms with van der Waals surface area (Å²) in [7, 11) is 0. The molecule has 1 aliphatic rings. The second-order valence-corrected chi connectivity index (χ2v) is 8.91. The van der Waals surface area contributed by atoms with Gasteiger partial charge in [0, 0.05) is 17.4 Å². The molecule has 31 heavy (non-hydrogen) atoms. The number of aliphatic imine (C=N–C) groups is 1. The molecule has 0 bridgehead atoms. The summed E-state index contributed by atoms with van der Waals surface area (Å²) in [6.45, 7) is 1.99. The van der Waals surface area contributed by atoms with Crippen molar-refractivity contribution in [1.29, 1.82) is 0 Å². The predicted octanol–water partition coefficient (Wildman–Crippen LogP) is 6.10. The van der Waals surface area contributed by atoms with Crippen LogP contribution in [0.15, 0.2) is 51.9 Å². The number of anilines is 1. The summed E-state index contributed by atoms with van der Waals surface area (Å²) in [5, 5.41) is 1.82. The molecule has 5 nitrogen and oxygen atoms in total. The summed E-state index contributed by atoms with van der Waals surface area (Å²) >= 11 is 10.0. The zero-order valence-electron chi connectivity index (χ0n) is 16.0. The second kappa shape index (κ2) is 9.62. The Labute approximate surface area is 194 Å². The van der Waals surface area contributed by atoms with Gasteiger partial charge in [0.2, 0.25) is 11.8 Å². The predicted molar refractivity (Wildman–Crippen MR) is 120 cm³/mol. The number of carbonyl (C=O) groups excluding carboxylic acids is 2.